The van der Waals surface area contributed by atoms with Gasteiger partial charge in [0.25, 0.3) is 0 Å². The molecule has 2 aliphatic rings. The monoisotopic (exact) mass is 565 g/mol. The van der Waals surface area contributed by atoms with E-state index in [0.717, 1.165) is 22.4 Å². The molecule has 10 heteroatoms. The number of fused-ring (bicyclic) bond motifs is 1. The number of anilines is 1. The highest BCUT2D eigenvalue weighted by molar-refractivity contribution is 5.94. The molecule has 4 amide bonds. The molecule has 216 valence electrons. The Morgan fingerprint density at radius 3 is 2.45 bits per heavy atom. The second-order valence-electron chi connectivity index (χ2n) is 10.6. The minimum Gasteiger partial charge on any atom is -0.330 e. The minimum absolute atomic E-state index is 0.212. The summed E-state index contributed by atoms with van der Waals surface area (Å²) in [6, 6.07) is 18.9. The molecule has 0 radical (unpaired) electrons. The third-order valence-electron chi connectivity index (χ3n) is 7.37. The van der Waals surface area contributed by atoms with Gasteiger partial charge >= 0.3 is 6.03 Å². The Balaban J connectivity index is 1.35. The van der Waals surface area contributed by atoms with Gasteiger partial charge in [0.15, 0.2) is 5.82 Å². The molecule has 3 atom stereocenters. The van der Waals surface area contributed by atoms with Gasteiger partial charge in [-0.25, -0.2) is 4.79 Å². The molecular weight excluding hydrogens is 530 g/mol. The lowest BCUT2D eigenvalue weighted by Crippen LogP contribution is -2.43. The summed E-state index contributed by atoms with van der Waals surface area (Å²) < 4.78 is 0. The number of hydrogen-bond acceptors (Lipinski definition) is 5. The SMILES string of the molecule is C=CC(=O)NC1=CCC(C(=O)Nc2n[nH]c3c2CN(C(=O)N[C@H](CN(C)C)c2ccccc2)[C@@H]3c2ccccc2)C=C1. The number of aromatic amines is 1. The summed E-state index contributed by atoms with van der Waals surface area (Å²) in [7, 11) is 3.96. The Labute approximate surface area is 245 Å². The number of nitrogens with one attached hydrogen (secondary N) is 4. The standard InChI is InChI=1S/C32H35N7O3/c1-4-27(40)33-24-17-15-23(16-18-24)31(41)35-30-25-19-39(29(28(25)36-37-30)22-13-9-6-10-14-22)32(42)34-26(20-38(2)3)21-11-7-5-8-12-21/h4-15,17-18,23,26,29H,1,16,19-20H2,2-3H3,(H,33,40)(H,34,42)(H2,35,36,37,41)/t23?,26-,29-/m1/s1. The molecule has 1 aliphatic heterocycles. The van der Waals surface area contributed by atoms with Crippen LogP contribution < -0.4 is 16.0 Å². The number of urea groups is 1. The van der Waals surface area contributed by atoms with E-state index < -0.39 is 12.0 Å². The van der Waals surface area contributed by atoms with Gasteiger partial charge in [-0.2, -0.15) is 5.10 Å². The van der Waals surface area contributed by atoms with Crippen molar-refractivity contribution in [2.75, 3.05) is 26.0 Å². The molecule has 5 rings (SSSR count). The summed E-state index contributed by atoms with van der Waals surface area (Å²) in [4.78, 5) is 42.5. The summed E-state index contributed by atoms with van der Waals surface area (Å²) in [5.41, 5.74) is 4.12. The fourth-order valence-electron chi connectivity index (χ4n) is 5.28. The summed E-state index contributed by atoms with van der Waals surface area (Å²) in [6.07, 6.45) is 6.88. The highest BCUT2D eigenvalue weighted by Crippen LogP contribution is 2.40. The van der Waals surface area contributed by atoms with Crippen molar-refractivity contribution in [1.82, 2.24) is 30.6 Å². The molecule has 3 aromatic rings. The Morgan fingerprint density at radius 1 is 1.10 bits per heavy atom. The maximum atomic E-state index is 13.9. The van der Waals surface area contributed by atoms with Crippen LogP contribution in [0.4, 0.5) is 10.6 Å². The number of carbonyl (C=O) groups is 3. The van der Waals surface area contributed by atoms with Crippen molar-refractivity contribution in [3.63, 3.8) is 0 Å². The predicted molar refractivity (Wildman–Crippen MR) is 161 cm³/mol. The summed E-state index contributed by atoms with van der Waals surface area (Å²) in [5, 5.41) is 16.4. The number of carbonyl (C=O) groups excluding carboxylic acids is 3. The average molecular weight is 566 g/mol. The van der Waals surface area contributed by atoms with Gasteiger partial charge in [0.2, 0.25) is 11.8 Å². The van der Waals surface area contributed by atoms with Gasteiger partial charge < -0.3 is 25.8 Å². The van der Waals surface area contributed by atoms with Crippen LogP contribution in [-0.2, 0) is 16.1 Å². The lowest BCUT2D eigenvalue weighted by Gasteiger charge is -2.29. The van der Waals surface area contributed by atoms with Crippen LogP contribution in [0, 0.1) is 5.92 Å². The quantitative estimate of drug-likeness (QED) is 0.292. The number of rotatable bonds is 9. The van der Waals surface area contributed by atoms with E-state index >= 15 is 0 Å². The van der Waals surface area contributed by atoms with Crippen molar-refractivity contribution >= 4 is 23.7 Å². The molecule has 0 fully saturated rings. The minimum atomic E-state index is -0.426. The zero-order chi connectivity index (χ0) is 29.6. The highest BCUT2D eigenvalue weighted by atomic mass is 16.2. The Morgan fingerprint density at radius 2 is 1.81 bits per heavy atom. The molecule has 0 bridgehead atoms. The molecule has 10 nitrogen and oxygen atoms in total. The average Bonchev–Trinajstić information content (AvgIpc) is 3.57. The van der Waals surface area contributed by atoms with Gasteiger partial charge in [-0.3, -0.25) is 14.7 Å². The van der Waals surface area contributed by atoms with Crippen LogP contribution in [0.3, 0.4) is 0 Å². The number of likely N-dealkylation sites (N-methyl/N-ethyl adjacent to an activating group) is 1. The normalized spacial score (nSPS) is 18.2. The maximum absolute atomic E-state index is 13.9. The molecule has 42 heavy (non-hydrogen) atoms. The van der Waals surface area contributed by atoms with Gasteiger partial charge in [0.05, 0.1) is 24.2 Å². The molecule has 1 unspecified atom stereocenters. The first kappa shape index (κ1) is 28.6. The van der Waals surface area contributed by atoms with E-state index in [4.69, 9.17) is 0 Å². The van der Waals surface area contributed by atoms with Gasteiger partial charge in [0.1, 0.15) is 6.04 Å². The van der Waals surface area contributed by atoms with Crippen molar-refractivity contribution in [3.05, 3.63) is 120 Å². The number of aromatic nitrogens is 2. The Hall–Kier alpha value is -4.96. The number of benzene rings is 2. The molecule has 4 N–H and O–H groups in total. The molecule has 0 spiro atoms. The highest BCUT2D eigenvalue weighted by Gasteiger charge is 2.39. The first-order chi connectivity index (χ1) is 20.3. The fraction of sp³-hybridized carbons (Fsp3) is 0.250. The topological polar surface area (TPSA) is 122 Å². The fourth-order valence-corrected chi connectivity index (χ4v) is 5.28. The molecule has 2 aromatic carbocycles. The van der Waals surface area contributed by atoms with Crippen LogP contribution in [0.25, 0.3) is 0 Å². The molecule has 0 saturated carbocycles. The van der Waals surface area contributed by atoms with Crippen LogP contribution >= 0.6 is 0 Å². The van der Waals surface area contributed by atoms with E-state index in [9.17, 15) is 14.4 Å². The lowest BCUT2D eigenvalue weighted by molar-refractivity contribution is -0.118. The van der Waals surface area contributed by atoms with Crippen molar-refractivity contribution in [1.29, 1.82) is 0 Å². The molecule has 1 aliphatic carbocycles. The molecule has 1 aromatic heterocycles. The van der Waals surface area contributed by atoms with E-state index in [1.807, 2.05) is 79.7 Å². The van der Waals surface area contributed by atoms with Crippen molar-refractivity contribution < 1.29 is 14.4 Å². The molecule has 0 saturated heterocycles. The van der Waals surface area contributed by atoms with Crippen molar-refractivity contribution in [2.45, 2.75) is 25.0 Å². The first-order valence-corrected chi connectivity index (χ1v) is 13.9. The van der Waals surface area contributed by atoms with Crippen LogP contribution in [0.5, 0.6) is 0 Å². The first-order valence-electron chi connectivity index (χ1n) is 13.9. The van der Waals surface area contributed by atoms with Crippen LogP contribution in [0.15, 0.2) is 97.2 Å². The number of amides is 4. The number of nitrogens with zero attached hydrogens (tertiary/aromatic N) is 3. The van der Waals surface area contributed by atoms with Crippen LogP contribution in [-0.4, -0.2) is 58.5 Å². The third kappa shape index (κ3) is 6.34. The number of H-pyrrole nitrogens is 1. The maximum Gasteiger partial charge on any atom is 0.319 e. The summed E-state index contributed by atoms with van der Waals surface area (Å²) >= 11 is 0. The zero-order valence-electron chi connectivity index (χ0n) is 23.7. The Bertz CT molecular complexity index is 1510. The van der Waals surface area contributed by atoms with Gasteiger partial charge in [-0.05, 0) is 43.8 Å². The van der Waals surface area contributed by atoms with E-state index in [0.29, 0.717) is 24.5 Å². The number of hydrogen-bond donors (Lipinski definition) is 4. The van der Waals surface area contributed by atoms with E-state index in [-0.39, 0.29) is 30.4 Å². The second kappa shape index (κ2) is 12.7. The van der Waals surface area contributed by atoms with E-state index in [1.54, 1.807) is 23.1 Å². The van der Waals surface area contributed by atoms with Gasteiger partial charge in [-0.1, -0.05) is 79.4 Å². The smallest absolute Gasteiger partial charge is 0.319 e. The molecule has 2 heterocycles. The van der Waals surface area contributed by atoms with Gasteiger partial charge in [0, 0.05) is 17.8 Å². The number of allylic oxidation sites excluding steroid dienone is 2. The predicted octanol–water partition coefficient (Wildman–Crippen LogP) is 4.03. The zero-order valence-corrected chi connectivity index (χ0v) is 23.7. The van der Waals surface area contributed by atoms with Crippen molar-refractivity contribution in [2.24, 2.45) is 5.92 Å². The van der Waals surface area contributed by atoms with E-state index in [1.165, 1.54) is 6.08 Å². The van der Waals surface area contributed by atoms with Crippen molar-refractivity contribution in [3.8, 4) is 0 Å². The van der Waals surface area contributed by atoms with Crippen LogP contribution in [0.2, 0.25) is 0 Å². The second-order valence-corrected chi connectivity index (χ2v) is 10.6. The largest absolute Gasteiger partial charge is 0.330 e. The third-order valence-corrected chi connectivity index (χ3v) is 7.37. The van der Waals surface area contributed by atoms with Gasteiger partial charge in [-0.15, -0.1) is 0 Å². The van der Waals surface area contributed by atoms with E-state index in [2.05, 4.69) is 32.7 Å². The van der Waals surface area contributed by atoms with Crippen LogP contribution in [0.1, 0.15) is 40.9 Å². The summed E-state index contributed by atoms with van der Waals surface area (Å²) in [6.45, 7) is 4.36. The Kier molecular flexibility index (Phi) is 8.63. The summed E-state index contributed by atoms with van der Waals surface area (Å²) in [5.74, 6) is -0.549. The molecular formula is C32H35N7O3. The lowest BCUT2D eigenvalue weighted by atomic mass is 9.98.